The van der Waals surface area contributed by atoms with Crippen molar-refractivity contribution in [3.8, 4) is 17.1 Å². The summed E-state index contributed by atoms with van der Waals surface area (Å²) in [6.07, 6.45) is 24.8. The van der Waals surface area contributed by atoms with Crippen molar-refractivity contribution in [3.05, 3.63) is 202 Å². The first-order chi connectivity index (χ1) is 24.8. The van der Waals surface area contributed by atoms with E-state index < -0.39 is 5.41 Å². The summed E-state index contributed by atoms with van der Waals surface area (Å²) in [7, 11) is 0. The summed E-state index contributed by atoms with van der Waals surface area (Å²) in [6, 6.07) is 38.0. The van der Waals surface area contributed by atoms with Gasteiger partial charge in [0.05, 0.1) is 16.9 Å². The zero-order valence-electron chi connectivity index (χ0n) is 27.7. The minimum absolute atomic E-state index is 0.123. The van der Waals surface area contributed by atoms with Crippen LogP contribution in [0.2, 0.25) is 0 Å². The third-order valence-corrected chi connectivity index (χ3v) is 11.1. The zero-order valence-corrected chi connectivity index (χ0v) is 27.7. The Morgan fingerprint density at radius 2 is 1.62 bits per heavy atom. The van der Waals surface area contributed by atoms with E-state index in [1.807, 2.05) is 6.08 Å². The fraction of sp³-hybridized carbons (Fsp3) is 0.128. The molecule has 4 aliphatic rings. The van der Waals surface area contributed by atoms with Crippen LogP contribution in [0.15, 0.2) is 157 Å². The van der Waals surface area contributed by atoms with E-state index in [2.05, 4.69) is 168 Å². The number of rotatable bonds is 3. The predicted molar refractivity (Wildman–Crippen MR) is 204 cm³/mol. The predicted octanol–water partition coefficient (Wildman–Crippen LogP) is 10.8. The molecule has 6 aromatic rings. The molecule has 4 bridgehead atoms. The molecule has 1 spiro atoms. The summed E-state index contributed by atoms with van der Waals surface area (Å²) < 4.78 is 2.42. The molecule has 3 nitrogen and oxygen atoms in total. The van der Waals surface area contributed by atoms with E-state index in [0.717, 1.165) is 42.2 Å². The lowest BCUT2D eigenvalue weighted by atomic mass is 9.65. The first-order valence-electron chi connectivity index (χ1n) is 17.7. The molecule has 0 fully saturated rings. The molecule has 2 heterocycles. The molecule has 0 saturated heterocycles. The van der Waals surface area contributed by atoms with E-state index in [9.17, 15) is 0 Å². The highest BCUT2D eigenvalue weighted by Crippen LogP contribution is 2.51. The van der Waals surface area contributed by atoms with Gasteiger partial charge in [-0.1, -0.05) is 134 Å². The Morgan fingerprint density at radius 1 is 0.740 bits per heavy atom. The summed E-state index contributed by atoms with van der Waals surface area (Å²) in [4.78, 5) is 10.6. The minimum Gasteiger partial charge on any atom is -0.294 e. The Balaban J connectivity index is 1.31. The first kappa shape index (κ1) is 28.9. The van der Waals surface area contributed by atoms with E-state index in [0.29, 0.717) is 0 Å². The maximum absolute atomic E-state index is 5.40. The Morgan fingerprint density at radius 3 is 2.54 bits per heavy atom. The van der Waals surface area contributed by atoms with Crippen molar-refractivity contribution in [1.82, 2.24) is 14.5 Å². The highest BCUT2D eigenvalue weighted by Gasteiger charge is 2.41. The van der Waals surface area contributed by atoms with Crippen molar-refractivity contribution >= 4 is 23.1 Å². The highest BCUT2D eigenvalue weighted by molar-refractivity contribution is 5.95. The standard InChI is InChI=1S/C47H35N3/c1-2-12-28-47(39-23-11-10-16-32(39)15-5-1)37-22-13-21-35(29-37)36-26-27-42-38(30-36)45-40(47)24-14-25-43(45)50(42)44-31-41(33-17-6-3-7-18-33)48-46(49-44)34-19-8-4-9-20-34/h1-4,6-19,21-27,29,31,34,36H,20,28,30H2/b12-2-. The summed E-state index contributed by atoms with van der Waals surface area (Å²) in [5.74, 6) is 2.18. The molecule has 3 atom stereocenters. The molecule has 0 radical (unpaired) electrons. The van der Waals surface area contributed by atoms with Gasteiger partial charge in [0.15, 0.2) is 0 Å². The van der Waals surface area contributed by atoms with Crippen LogP contribution >= 0.6 is 0 Å². The molecule has 4 aliphatic carbocycles. The second-order valence-corrected chi connectivity index (χ2v) is 13.8. The summed E-state index contributed by atoms with van der Waals surface area (Å²) in [5, 5.41) is 1.33. The van der Waals surface area contributed by atoms with Crippen LogP contribution < -0.4 is 0 Å². The third kappa shape index (κ3) is 4.44. The van der Waals surface area contributed by atoms with Gasteiger partial charge in [0.1, 0.15) is 11.6 Å². The van der Waals surface area contributed by atoms with Gasteiger partial charge in [0, 0.05) is 34.3 Å². The van der Waals surface area contributed by atoms with Crippen molar-refractivity contribution in [2.75, 3.05) is 0 Å². The molecule has 10 rings (SSSR count). The molecule has 0 N–H and O–H groups in total. The van der Waals surface area contributed by atoms with Crippen LogP contribution in [-0.4, -0.2) is 14.5 Å². The first-order valence-corrected chi connectivity index (χ1v) is 17.7. The van der Waals surface area contributed by atoms with Crippen LogP contribution in [0.5, 0.6) is 0 Å². The Bertz CT molecular complexity index is 2520. The van der Waals surface area contributed by atoms with Gasteiger partial charge in [-0.05, 0) is 76.9 Å². The van der Waals surface area contributed by atoms with Crippen LogP contribution in [0.25, 0.3) is 40.1 Å². The summed E-state index contributed by atoms with van der Waals surface area (Å²) in [6.45, 7) is 0. The number of aromatic nitrogens is 3. The zero-order chi connectivity index (χ0) is 33.1. The minimum atomic E-state index is -0.429. The van der Waals surface area contributed by atoms with Crippen LogP contribution in [0, 0.1) is 0 Å². The fourth-order valence-corrected chi connectivity index (χ4v) is 8.75. The quantitative estimate of drug-likeness (QED) is 0.180. The molecule has 238 valence electrons. The molecule has 0 aliphatic heterocycles. The smallest absolute Gasteiger partial charge is 0.141 e. The third-order valence-electron chi connectivity index (χ3n) is 11.1. The number of fused-ring (bicyclic) bond motifs is 8. The van der Waals surface area contributed by atoms with Crippen molar-refractivity contribution in [2.24, 2.45) is 0 Å². The van der Waals surface area contributed by atoms with Crippen LogP contribution in [-0.2, 0) is 11.8 Å². The van der Waals surface area contributed by atoms with Gasteiger partial charge in [0.2, 0.25) is 0 Å². The number of hydrogen-bond acceptors (Lipinski definition) is 2. The maximum Gasteiger partial charge on any atom is 0.141 e. The summed E-state index contributed by atoms with van der Waals surface area (Å²) in [5.41, 5.74) is 15.3. The average molecular weight is 642 g/mol. The lowest BCUT2D eigenvalue weighted by Gasteiger charge is -2.37. The largest absolute Gasteiger partial charge is 0.294 e. The van der Waals surface area contributed by atoms with Gasteiger partial charge in [-0.25, -0.2) is 9.97 Å². The fourth-order valence-electron chi connectivity index (χ4n) is 8.75. The number of nitrogens with zero attached hydrogens (tertiary/aromatic N) is 3. The lowest BCUT2D eigenvalue weighted by Crippen LogP contribution is -2.30. The normalized spacial score (nSPS) is 21.7. The number of hydrogen-bond donors (Lipinski definition) is 0. The Kier molecular flexibility index (Phi) is 6.69. The summed E-state index contributed by atoms with van der Waals surface area (Å²) >= 11 is 0. The lowest BCUT2D eigenvalue weighted by molar-refractivity contribution is 0.631. The van der Waals surface area contributed by atoms with E-state index in [1.54, 1.807) is 0 Å². The Hall–Kier alpha value is -6.02. The molecular weight excluding hydrogens is 607 g/mol. The number of allylic oxidation sites excluding steroid dienone is 8. The SMILES string of the molecule is C1=C/C=C\CC2(c3cccc(c3)C3C=Cc4c(c5c2cccc5n4-c2cc(-c4ccccc4)nc(C4C=CC=CC4)n2)C3)c2ccccc2C=1. The van der Waals surface area contributed by atoms with E-state index in [-0.39, 0.29) is 11.8 Å². The monoisotopic (exact) mass is 641 g/mol. The average Bonchev–Trinajstić information content (AvgIpc) is 3.57. The van der Waals surface area contributed by atoms with Gasteiger partial charge in [-0.3, -0.25) is 4.57 Å². The van der Waals surface area contributed by atoms with Crippen LogP contribution in [0.3, 0.4) is 0 Å². The molecule has 0 amide bonds. The second-order valence-electron chi connectivity index (χ2n) is 13.8. The van der Waals surface area contributed by atoms with Gasteiger partial charge in [-0.15, -0.1) is 5.73 Å². The molecular formula is C47H35N3. The van der Waals surface area contributed by atoms with Crippen molar-refractivity contribution < 1.29 is 0 Å². The molecule has 3 heteroatoms. The highest BCUT2D eigenvalue weighted by atomic mass is 15.1. The second kappa shape index (κ2) is 11.6. The molecule has 2 aromatic heterocycles. The van der Waals surface area contributed by atoms with Crippen LogP contribution in [0.4, 0.5) is 0 Å². The molecule has 3 unspecified atom stereocenters. The Labute approximate surface area is 292 Å². The maximum atomic E-state index is 5.40. The van der Waals surface area contributed by atoms with E-state index >= 15 is 0 Å². The van der Waals surface area contributed by atoms with E-state index in [4.69, 9.17) is 9.97 Å². The van der Waals surface area contributed by atoms with Gasteiger partial charge in [0.25, 0.3) is 0 Å². The van der Waals surface area contributed by atoms with Gasteiger partial charge < -0.3 is 0 Å². The topological polar surface area (TPSA) is 30.7 Å². The van der Waals surface area contributed by atoms with Crippen molar-refractivity contribution in [1.29, 1.82) is 0 Å². The molecule has 0 saturated carbocycles. The molecule has 50 heavy (non-hydrogen) atoms. The van der Waals surface area contributed by atoms with Crippen LogP contribution in [0.1, 0.15) is 69.6 Å². The van der Waals surface area contributed by atoms with E-state index in [1.165, 1.54) is 50.0 Å². The van der Waals surface area contributed by atoms with Crippen molar-refractivity contribution in [3.63, 3.8) is 0 Å². The number of benzene rings is 4. The van der Waals surface area contributed by atoms with Gasteiger partial charge >= 0.3 is 0 Å². The van der Waals surface area contributed by atoms with Crippen molar-refractivity contribution in [2.45, 2.75) is 36.5 Å². The molecule has 4 aromatic carbocycles. The van der Waals surface area contributed by atoms with Gasteiger partial charge in [-0.2, -0.15) is 0 Å².